The Balaban J connectivity index is 2.14. The monoisotopic (exact) mass is 367 g/mol. The van der Waals surface area contributed by atoms with E-state index in [1.807, 2.05) is 0 Å². The summed E-state index contributed by atoms with van der Waals surface area (Å²) in [7, 11) is 0. The zero-order valence-electron chi connectivity index (χ0n) is 10.5. The third-order valence-electron chi connectivity index (χ3n) is 2.87. The fourth-order valence-electron chi connectivity index (χ4n) is 1.85. The van der Waals surface area contributed by atoms with E-state index in [2.05, 4.69) is 31.5 Å². The number of anilines is 1. The van der Waals surface area contributed by atoms with Crippen LogP contribution in [-0.4, -0.2) is 20.2 Å². The average Bonchev–Trinajstić information content (AvgIpc) is 2.91. The van der Waals surface area contributed by atoms with Crippen LogP contribution in [0.5, 0.6) is 0 Å². The first-order valence-electron chi connectivity index (χ1n) is 5.85. The summed E-state index contributed by atoms with van der Waals surface area (Å²) in [5.74, 6) is -0.117. The van der Waals surface area contributed by atoms with Crippen LogP contribution < -0.4 is 5.73 Å². The van der Waals surface area contributed by atoms with Crippen LogP contribution in [0.4, 0.5) is 10.1 Å². The number of tetrazole rings is 1. The minimum Gasteiger partial charge on any atom is -0.396 e. The molecular formula is C13H8BrClFN5. The molecule has 1 aromatic heterocycles. The van der Waals surface area contributed by atoms with Crippen molar-refractivity contribution in [1.29, 1.82) is 0 Å². The van der Waals surface area contributed by atoms with Crippen molar-refractivity contribution in [1.82, 2.24) is 20.2 Å². The first-order valence-corrected chi connectivity index (χ1v) is 7.02. The van der Waals surface area contributed by atoms with Crippen molar-refractivity contribution in [3.8, 4) is 17.1 Å². The standard InChI is InChI=1S/C13H8BrClFN5/c14-9-6-8(15)2-4-12(9)21-13(18-19-20-21)7-1-3-11(17)10(16)5-7/h1-6H,17H2. The Kier molecular flexibility index (Phi) is 3.60. The maximum Gasteiger partial charge on any atom is 0.187 e. The third-order valence-corrected chi connectivity index (χ3v) is 3.74. The lowest BCUT2D eigenvalue weighted by Crippen LogP contribution is -2.01. The van der Waals surface area contributed by atoms with Crippen LogP contribution in [0.15, 0.2) is 40.9 Å². The largest absolute Gasteiger partial charge is 0.396 e. The first-order chi connectivity index (χ1) is 10.1. The molecule has 3 aromatic rings. The number of halogens is 3. The molecule has 0 aliphatic heterocycles. The van der Waals surface area contributed by atoms with Crippen molar-refractivity contribution < 1.29 is 4.39 Å². The summed E-state index contributed by atoms with van der Waals surface area (Å²) < 4.78 is 15.8. The second kappa shape index (κ2) is 5.42. The SMILES string of the molecule is Nc1ccc(-c2nnnn2-c2ccc(Cl)cc2Br)cc1F. The van der Waals surface area contributed by atoms with Gasteiger partial charge < -0.3 is 5.73 Å². The number of benzene rings is 2. The lowest BCUT2D eigenvalue weighted by molar-refractivity contribution is 0.632. The van der Waals surface area contributed by atoms with Crippen LogP contribution in [-0.2, 0) is 0 Å². The summed E-state index contributed by atoms with van der Waals surface area (Å²) in [6.45, 7) is 0. The highest BCUT2D eigenvalue weighted by atomic mass is 79.9. The summed E-state index contributed by atoms with van der Waals surface area (Å²) >= 11 is 9.33. The Labute approximate surface area is 132 Å². The molecule has 21 heavy (non-hydrogen) atoms. The average molecular weight is 369 g/mol. The number of hydrogen-bond donors (Lipinski definition) is 1. The Bertz CT molecular complexity index is 820. The van der Waals surface area contributed by atoms with E-state index in [9.17, 15) is 4.39 Å². The number of rotatable bonds is 2. The van der Waals surface area contributed by atoms with Crippen molar-refractivity contribution in [3.05, 3.63) is 51.7 Å². The fourth-order valence-corrected chi connectivity index (χ4v) is 2.70. The van der Waals surface area contributed by atoms with Gasteiger partial charge in [-0.15, -0.1) is 5.10 Å². The van der Waals surface area contributed by atoms with Crippen LogP contribution in [0.3, 0.4) is 0 Å². The minimum absolute atomic E-state index is 0.0745. The van der Waals surface area contributed by atoms with E-state index in [0.717, 1.165) is 4.47 Å². The molecule has 0 saturated carbocycles. The Morgan fingerprint density at radius 2 is 2.00 bits per heavy atom. The van der Waals surface area contributed by atoms with Gasteiger partial charge in [0.25, 0.3) is 0 Å². The molecule has 0 aliphatic carbocycles. The number of nitrogens with zero attached hydrogens (tertiary/aromatic N) is 4. The molecule has 8 heteroatoms. The van der Waals surface area contributed by atoms with E-state index >= 15 is 0 Å². The van der Waals surface area contributed by atoms with Crippen molar-refractivity contribution in [2.24, 2.45) is 0 Å². The van der Waals surface area contributed by atoms with Gasteiger partial charge in [0.1, 0.15) is 5.82 Å². The van der Waals surface area contributed by atoms with Gasteiger partial charge >= 0.3 is 0 Å². The molecule has 0 aliphatic rings. The Hall–Kier alpha value is -1.99. The molecule has 0 fully saturated rings. The maximum absolute atomic E-state index is 13.6. The maximum atomic E-state index is 13.6. The number of nitrogens with two attached hydrogens (primary N) is 1. The van der Waals surface area contributed by atoms with Crippen LogP contribution in [0.2, 0.25) is 5.02 Å². The Morgan fingerprint density at radius 3 is 2.71 bits per heavy atom. The number of hydrogen-bond acceptors (Lipinski definition) is 4. The van der Waals surface area contributed by atoms with Gasteiger partial charge in [-0.25, -0.2) is 4.39 Å². The van der Waals surface area contributed by atoms with Crippen molar-refractivity contribution in [3.63, 3.8) is 0 Å². The molecule has 0 atom stereocenters. The van der Waals surface area contributed by atoms with Crippen molar-refractivity contribution in [2.45, 2.75) is 0 Å². The topological polar surface area (TPSA) is 69.6 Å². The predicted octanol–water partition coefficient (Wildman–Crippen LogP) is 3.47. The number of nitrogen functional groups attached to an aromatic ring is 1. The molecule has 0 saturated heterocycles. The molecule has 0 bridgehead atoms. The highest BCUT2D eigenvalue weighted by Crippen LogP contribution is 2.28. The van der Waals surface area contributed by atoms with Gasteiger partial charge in [0.2, 0.25) is 0 Å². The third kappa shape index (κ3) is 2.62. The van der Waals surface area contributed by atoms with Crippen LogP contribution >= 0.6 is 27.5 Å². The zero-order valence-corrected chi connectivity index (χ0v) is 12.8. The van der Waals surface area contributed by atoms with Gasteiger partial charge in [0.05, 0.1) is 11.4 Å². The molecule has 0 spiro atoms. The minimum atomic E-state index is -0.516. The highest BCUT2D eigenvalue weighted by molar-refractivity contribution is 9.10. The van der Waals surface area contributed by atoms with Gasteiger partial charge in [0, 0.05) is 15.1 Å². The summed E-state index contributed by atoms with van der Waals surface area (Å²) in [6.07, 6.45) is 0. The van der Waals surface area contributed by atoms with Gasteiger partial charge in [-0.3, -0.25) is 0 Å². The lowest BCUT2D eigenvalue weighted by atomic mass is 10.2. The van der Waals surface area contributed by atoms with Crippen LogP contribution in [0.25, 0.3) is 17.1 Å². The van der Waals surface area contributed by atoms with Crippen molar-refractivity contribution >= 4 is 33.2 Å². The normalized spacial score (nSPS) is 10.8. The smallest absolute Gasteiger partial charge is 0.187 e. The second-order valence-corrected chi connectivity index (χ2v) is 5.54. The van der Waals surface area contributed by atoms with E-state index in [1.54, 1.807) is 24.3 Å². The lowest BCUT2D eigenvalue weighted by Gasteiger charge is -2.07. The summed E-state index contributed by atoms with van der Waals surface area (Å²) in [4.78, 5) is 0. The van der Waals surface area contributed by atoms with E-state index in [-0.39, 0.29) is 5.69 Å². The van der Waals surface area contributed by atoms with Crippen LogP contribution in [0.1, 0.15) is 0 Å². The molecule has 2 aromatic carbocycles. The van der Waals surface area contributed by atoms with E-state index in [1.165, 1.54) is 16.8 Å². The second-order valence-electron chi connectivity index (χ2n) is 4.25. The molecule has 5 nitrogen and oxygen atoms in total. The summed E-state index contributed by atoms with van der Waals surface area (Å²) in [6, 6.07) is 9.63. The molecule has 0 amide bonds. The van der Waals surface area contributed by atoms with E-state index < -0.39 is 5.82 Å². The molecule has 0 radical (unpaired) electrons. The molecule has 3 rings (SSSR count). The van der Waals surface area contributed by atoms with Gasteiger partial charge in [-0.1, -0.05) is 11.6 Å². The highest BCUT2D eigenvalue weighted by Gasteiger charge is 2.14. The molecule has 1 heterocycles. The Morgan fingerprint density at radius 1 is 1.19 bits per heavy atom. The van der Waals surface area contributed by atoms with Gasteiger partial charge in [-0.05, 0) is 62.8 Å². The summed E-state index contributed by atoms with van der Waals surface area (Å²) in [5.41, 5.74) is 6.76. The molecule has 2 N–H and O–H groups in total. The quantitative estimate of drug-likeness (QED) is 0.703. The summed E-state index contributed by atoms with van der Waals surface area (Å²) in [5, 5.41) is 12.1. The molecular weight excluding hydrogens is 361 g/mol. The number of aromatic nitrogens is 4. The van der Waals surface area contributed by atoms with Gasteiger partial charge in [-0.2, -0.15) is 4.68 Å². The van der Waals surface area contributed by atoms with Crippen molar-refractivity contribution in [2.75, 3.05) is 5.73 Å². The fraction of sp³-hybridized carbons (Fsp3) is 0. The first kappa shape index (κ1) is 14.0. The van der Waals surface area contributed by atoms with Gasteiger partial charge in [0.15, 0.2) is 5.82 Å². The van der Waals surface area contributed by atoms with E-state index in [4.69, 9.17) is 17.3 Å². The van der Waals surface area contributed by atoms with E-state index in [0.29, 0.717) is 22.1 Å². The molecule has 0 unspecified atom stereocenters. The predicted molar refractivity (Wildman–Crippen MR) is 81.7 cm³/mol. The van der Waals surface area contributed by atoms with Crippen LogP contribution in [0, 0.1) is 5.82 Å². The molecule has 106 valence electrons. The zero-order chi connectivity index (χ0) is 15.0.